The average molecular weight is 164 g/mol. The third-order valence-electron chi connectivity index (χ3n) is 1.69. The van der Waals surface area contributed by atoms with Crippen LogP contribution >= 0.6 is 0 Å². The standard InChI is InChI=1S/C6H12O5/c7-1-3(9)5-6(11-5)4(10)2-8/h3-10H,1-2H2/t3-,4-,5-,6+/m1/s1. The molecule has 1 aliphatic heterocycles. The van der Waals surface area contributed by atoms with Crippen LogP contribution in [0.15, 0.2) is 0 Å². The summed E-state index contributed by atoms with van der Waals surface area (Å²) in [5, 5.41) is 34.8. The molecule has 0 amide bonds. The minimum absolute atomic E-state index is 0.390. The van der Waals surface area contributed by atoms with E-state index in [0.29, 0.717) is 0 Å². The molecule has 66 valence electrons. The first-order valence-electron chi connectivity index (χ1n) is 3.44. The van der Waals surface area contributed by atoms with Crippen LogP contribution in [0.5, 0.6) is 0 Å². The lowest BCUT2D eigenvalue weighted by Gasteiger charge is -2.04. The molecule has 4 atom stereocenters. The fourth-order valence-electron chi connectivity index (χ4n) is 0.963. The Hall–Kier alpha value is -0.200. The molecule has 1 rings (SSSR count). The Morgan fingerprint density at radius 2 is 1.36 bits per heavy atom. The van der Waals surface area contributed by atoms with Crippen molar-refractivity contribution in [1.29, 1.82) is 0 Å². The van der Waals surface area contributed by atoms with Gasteiger partial charge in [-0.15, -0.1) is 0 Å². The maximum atomic E-state index is 8.94. The summed E-state index contributed by atoms with van der Waals surface area (Å²) in [5.41, 5.74) is 0. The molecule has 0 spiro atoms. The molecule has 0 radical (unpaired) electrons. The molecule has 11 heavy (non-hydrogen) atoms. The van der Waals surface area contributed by atoms with Gasteiger partial charge in [-0.05, 0) is 0 Å². The molecule has 0 aromatic rings. The van der Waals surface area contributed by atoms with E-state index >= 15 is 0 Å². The van der Waals surface area contributed by atoms with Crippen molar-refractivity contribution in [3.63, 3.8) is 0 Å². The number of aliphatic hydroxyl groups is 4. The molecule has 5 nitrogen and oxygen atoms in total. The van der Waals surface area contributed by atoms with Crippen LogP contribution in [0, 0.1) is 0 Å². The van der Waals surface area contributed by atoms with Gasteiger partial charge >= 0.3 is 0 Å². The lowest BCUT2D eigenvalue weighted by molar-refractivity contribution is 0.0695. The second-order valence-electron chi connectivity index (χ2n) is 2.57. The van der Waals surface area contributed by atoms with Crippen molar-refractivity contribution in [2.75, 3.05) is 13.2 Å². The van der Waals surface area contributed by atoms with Gasteiger partial charge in [-0.3, -0.25) is 0 Å². The summed E-state index contributed by atoms with van der Waals surface area (Å²) < 4.78 is 4.80. The zero-order valence-corrected chi connectivity index (χ0v) is 5.92. The van der Waals surface area contributed by atoms with Crippen molar-refractivity contribution in [2.24, 2.45) is 0 Å². The summed E-state index contributed by atoms with van der Waals surface area (Å²) in [4.78, 5) is 0. The number of ether oxygens (including phenoxy) is 1. The van der Waals surface area contributed by atoms with E-state index in [2.05, 4.69) is 0 Å². The van der Waals surface area contributed by atoms with Gasteiger partial charge in [0.05, 0.1) is 13.2 Å². The Balaban J connectivity index is 2.25. The maximum Gasteiger partial charge on any atom is 0.115 e. The molecule has 0 saturated carbocycles. The van der Waals surface area contributed by atoms with Gasteiger partial charge < -0.3 is 25.2 Å². The van der Waals surface area contributed by atoms with E-state index in [1.54, 1.807) is 0 Å². The fraction of sp³-hybridized carbons (Fsp3) is 1.00. The number of rotatable bonds is 4. The highest BCUT2D eigenvalue weighted by atomic mass is 16.6. The summed E-state index contributed by atoms with van der Waals surface area (Å²) >= 11 is 0. The minimum Gasteiger partial charge on any atom is -0.394 e. The molecule has 4 N–H and O–H groups in total. The van der Waals surface area contributed by atoms with E-state index in [4.69, 9.17) is 25.2 Å². The van der Waals surface area contributed by atoms with E-state index in [1.807, 2.05) is 0 Å². The molecule has 0 aromatic heterocycles. The van der Waals surface area contributed by atoms with Crippen molar-refractivity contribution < 1.29 is 25.2 Å². The van der Waals surface area contributed by atoms with E-state index in [1.165, 1.54) is 0 Å². The lowest BCUT2D eigenvalue weighted by Crippen LogP contribution is -2.28. The van der Waals surface area contributed by atoms with Crippen LogP contribution in [0.1, 0.15) is 0 Å². The number of hydrogen-bond acceptors (Lipinski definition) is 5. The number of aliphatic hydroxyl groups excluding tert-OH is 4. The zero-order valence-electron chi connectivity index (χ0n) is 5.92. The van der Waals surface area contributed by atoms with Crippen molar-refractivity contribution >= 4 is 0 Å². The fourth-order valence-corrected chi connectivity index (χ4v) is 0.963. The predicted molar refractivity (Wildman–Crippen MR) is 34.8 cm³/mol. The first kappa shape index (κ1) is 8.89. The Morgan fingerprint density at radius 3 is 1.64 bits per heavy atom. The van der Waals surface area contributed by atoms with Crippen LogP contribution in [-0.4, -0.2) is 58.1 Å². The molecule has 1 fully saturated rings. The van der Waals surface area contributed by atoms with Crippen molar-refractivity contribution in [1.82, 2.24) is 0 Å². The van der Waals surface area contributed by atoms with Gasteiger partial charge in [-0.1, -0.05) is 0 Å². The average Bonchev–Trinajstić information content (AvgIpc) is 2.80. The topological polar surface area (TPSA) is 93.5 Å². The predicted octanol–water partition coefficient (Wildman–Crippen LogP) is -2.54. The van der Waals surface area contributed by atoms with Crippen LogP contribution in [0.2, 0.25) is 0 Å². The van der Waals surface area contributed by atoms with Crippen molar-refractivity contribution in [2.45, 2.75) is 24.4 Å². The van der Waals surface area contributed by atoms with Gasteiger partial charge in [0.25, 0.3) is 0 Å². The monoisotopic (exact) mass is 164 g/mol. The molecular formula is C6H12O5. The first-order valence-corrected chi connectivity index (χ1v) is 3.44. The van der Waals surface area contributed by atoms with Gasteiger partial charge in [-0.2, -0.15) is 0 Å². The summed E-state index contributed by atoms with van der Waals surface area (Å²) in [7, 11) is 0. The van der Waals surface area contributed by atoms with E-state index < -0.39 is 24.4 Å². The van der Waals surface area contributed by atoms with Gasteiger partial charge in [0.15, 0.2) is 0 Å². The Kier molecular flexibility index (Phi) is 2.80. The summed E-state index contributed by atoms with van der Waals surface area (Å²) in [6.07, 6.45) is -2.97. The normalized spacial score (nSPS) is 34.9. The first-order chi connectivity index (χ1) is 5.20. The van der Waals surface area contributed by atoms with E-state index in [9.17, 15) is 0 Å². The minimum atomic E-state index is -0.957. The molecule has 0 aliphatic carbocycles. The molecule has 0 unspecified atom stereocenters. The van der Waals surface area contributed by atoms with Gasteiger partial charge in [-0.25, -0.2) is 0 Å². The quantitative estimate of drug-likeness (QED) is 0.343. The maximum absolute atomic E-state index is 8.94. The molecule has 1 aliphatic rings. The lowest BCUT2D eigenvalue weighted by atomic mass is 10.1. The van der Waals surface area contributed by atoms with Gasteiger partial charge in [0, 0.05) is 0 Å². The zero-order chi connectivity index (χ0) is 8.43. The van der Waals surface area contributed by atoms with Gasteiger partial charge in [0.2, 0.25) is 0 Å². The van der Waals surface area contributed by atoms with E-state index in [-0.39, 0.29) is 13.2 Å². The molecule has 5 heteroatoms. The number of epoxide rings is 1. The van der Waals surface area contributed by atoms with Crippen LogP contribution in [0.4, 0.5) is 0 Å². The highest BCUT2D eigenvalue weighted by Crippen LogP contribution is 2.28. The summed E-state index contributed by atoms with van der Waals surface area (Å²) in [5.74, 6) is 0. The largest absolute Gasteiger partial charge is 0.394 e. The third-order valence-corrected chi connectivity index (χ3v) is 1.69. The third kappa shape index (κ3) is 1.88. The van der Waals surface area contributed by atoms with Gasteiger partial charge in [0.1, 0.15) is 24.4 Å². The summed E-state index contributed by atoms with van der Waals surface area (Å²) in [6, 6.07) is 0. The highest BCUT2D eigenvalue weighted by molar-refractivity contribution is 4.94. The van der Waals surface area contributed by atoms with Crippen molar-refractivity contribution in [3.05, 3.63) is 0 Å². The SMILES string of the molecule is OC[C@@H](O)[C@@H]1O[C@@H]1[C@H](O)CO. The van der Waals surface area contributed by atoms with Crippen LogP contribution in [0.25, 0.3) is 0 Å². The molecule has 0 bridgehead atoms. The molecule has 1 saturated heterocycles. The molecule has 0 aromatic carbocycles. The van der Waals surface area contributed by atoms with E-state index in [0.717, 1.165) is 0 Å². The Bertz CT molecular complexity index is 114. The highest BCUT2D eigenvalue weighted by Gasteiger charge is 2.48. The van der Waals surface area contributed by atoms with Crippen molar-refractivity contribution in [3.8, 4) is 0 Å². The van der Waals surface area contributed by atoms with Crippen LogP contribution in [-0.2, 0) is 4.74 Å². The second-order valence-corrected chi connectivity index (χ2v) is 2.57. The summed E-state index contributed by atoms with van der Waals surface area (Å²) in [6.45, 7) is -0.779. The van der Waals surface area contributed by atoms with Crippen LogP contribution in [0.3, 0.4) is 0 Å². The second kappa shape index (κ2) is 3.46. The van der Waals surface area contributed by atoms with Crippen LogP contribution < -0.4 is 0 Å². The molecule has 1 heterocycles. The Labute approximate surface area is 63.8 Å². The number of hydrogen-bond donors (Lipinski definition) is 4. The smallest absolute Gasteiger partial charge is 0.115 e. The Morgan fingerprint density at radius 1 is 1.00 bits per heavy atom. The molecular weight excluding hydrogens is 152 g/mol.